The second kappa shape index (κ2) is 13.7. The van der Waals surface area contributed by atoms with Gasteiger partial charge < -0.3 is 9.64 Å². The van der Waals surface area contributed by atoms with Crippen LogP contribution in [0.3, 0.4) is 0 Å². The minimum absolute atomic E-state index is 0.422. The fraction of sp³-hybridized carbons (Fsp3) is 0.438. The molecule has 1 aliphatic heterocycles. The summed E-state index contributed by atoms with van der Waals surface area (Å²) in [6, 6.07) is 28.0. The van der Waals surface area contributed by atoms with Gasteiger partial charge in [0.1, 0.15) is 11.5 Å². The molecule has 3 aromatic carbocycles. The summed E-state index contributed by atoms with van der Waals surface area (Å²) in [6.07, 6.45) is 2.25. The van der Waals surface area contributed by atoms with Gasteiger partial charge in [0.25, 0.3) is 0 Å². The number of ether oxygens (including phenoxy) is 1. The van der Waals surface area contributed by atoms with Crippen LogP contribution in [0.4, 0.5) is 0 Å². The first-order valence-electron chi connectivity index (χ1n) is 13.6. The Balaban J connectivity index is 1.59. The van der Waals surface area contributed by atoms with Crippen molar-refractivity contribution in [1.29, 1.82) is 0 Å². The lowest BCUT2D eigenvalue weighted by Gasteiger charge is -2.35. The lowest BCUT2D eigenvalue weighted by atomic mass is 9.99. The summed E-state index contributed by atoms with van der Waals surface area (Å²) >= 11 is 0. The maximum absolute atomic E-state index is 6.34. The molecule has 1 aliphatic rings. The molecule has 0 radical (unpaired) electrons. The van der Waals surface area contributed by atoms with Crippen LogP contribution < -0.4 is 4.74 Å². The fourth-order valence-electron chi connectivity index (χ4n) is 5.08. The number of likely N-dealkylation sites (N-methyl/N-ethyl adjacent to an activating group) is 1. The molecule has 0 unspecified atom stereocenters. The lowest BCUT2D eigenvalue weighted by Crippen LogP contribution is -2.42. The molecule has 0 bridgehead atoms. The Morgan fingerprint density at radius 1 is 0.892 bits per heavy atom. The normalized spacial score (nSPS) is 15.1. The van der Waals surface area contributed by atoms with E-state index in [1.807, 2.05) is 30.3 Å². The van der Waals surface area contributed by atoms with E-state index in [-0.39, 0.29) is 0 Å². The van der Waals surface area contributed by atoms with E-state index in [1.54, 1.807) is 0 Å². The Morgan fingerprint density at radius 3 is 2.38 bits per heavy atom. The third-order valence-electron chi connectivity index (χ3n) is 6.71. The maximum atomic E-state index is 6.34. The number of hydroxylamine groups is 2. The second-order valence-corrected chi connectivity index (χ2v) is 10.8. The highest BCUT2D eigenvalue weighted by atomic mass is 16.7. The van der Waals surface area contributed by atoms with Crippen LogP contribution in [-0.2, 0) is 24.5 Å². The van der Waals surface area contributed by atoms with E-state index in [0.29, 0.717) is 12.0 Å². The lowest BCUT2D eigenvalue weighted by molar-refractivity contribution is -0.117. The first kappa shape index (κ1) is 27.3. The zero-order valence-corrected chi connectivity index (χ0v) is 23.0. The van der Waals surface area contributed by atoms with Gasteiger partial charge in [-0.05, 0) is 62.2 Å². The summed E-state index contributed by atoms with van der Waals surface area (Å²) in [5.41, 5.74) is 3.85. The molecule has 198 valence electrons. The molecule has 5 nitrogen and oxygen atoms in total. The van der Waals surface area contributed by atoms with Gasteiger partial charge in [-0.25, -0.2) is 0 Å². The molecule has 0 spiro atoms. The van der Waals surface area contributed by atoms with Crippen molar-refractivity contribution in [3.05, 3.63) is 95.6 Å². The molecule has 0 saturated carbocycles. The Hall–Kier alpha value is -2.70. The van der Waals surface area contributed by atoms with Gasteiger partial charge >= 0.3 is 0 Å². The van der Waals surface area contributed by atoms with Crippen molar-refractivity contribution in [2.45, 2.75) is 52.4 Å². The van der Waals surface area contributed by atoms with Crippen molar-refractivity contribution in [2.24, 2.45) is 5.92 Å². The van der Waals surface area contributed by atoms with Crippen LogP contribution in [0, 0.1) is 5.92 Å². The van der Waals surface area contributed by atoms with Crippen molar-refractivity contribution >= 4 is 0 Å². The van der Waals surface area contributed by atoms with Gasteiger partial charge in [-0.1, -0.05) is 74.5 Å². The van der Waals surface area contributed by atoms with Gasteiger partial charge in [0.05, 0.1) is 6.61 Å². The number of rotatable bonds is 13. The Bertz CT molecular complexity index is 1070. The van der Waals surface area contributed by atoms with E-state index < -0.39 is 0 Å². The Morgan fingerprint density at radius 2 is 1.65 bits per heavy atom. The van der Waals surface area contributed by atoms with E-state index in [0.717, 1.165) is 63.7 Å². The first-order valence-corrected chi connectivity index (χ1v) is 13.6. The van der Waals surface area contributed by atoms with Crippen LogP contribution in [0.5, 0.6) is 11.5 Å². The zero-order chi connectivity index (χ0) is 26.0. The van der Waals surface area contributed by atoms with Crippen molar-refractivity contribution in [1.82, 2.24) is 14.9 Å². The number of nitrogens with zero attached hydrogens (tertiary/aromatic N) is 3. The zero-order valence-electron chi connectivity index (χ0n) is 23.0. The largest absolute Gasteiger partial charge is 0.457 e. The molecule has 0 aliphatic carbocycles. The molecule has 1 heterocycles. The molecule has 1 saturated heterocycles. The summed E-state index contributed by atoms with van der Waals surface area (Å²) in [7, 11) is 4.35. The number of para-hydroxylation sites is 2. The molecule has 0 amide bonds. The van der Waals surface area contributed by atoms with E-state index in [4.69, 9.17) is 9.57 Å². The highest BCUT2D eigenvalue weighted by Crippen LogP contribution is 2.28. The minimum Gasteiger partial charge on any atom is -0.457 e. The first-order chi connectivity index (χ1) is 18.0. The molecule has 1 fully saturated rings. The van der Waals surface area contributed by atoms with Gasteiger partial charge in [0.15, 0.2) is 0 Å². The molecule has 0 aromatic heterocycles. The van der Waals surface area contributed by atoms with Crippen LogP contribution >= 0.6 is 0 Å². The van der Waals surface area contributed by atoms with E-state index in [1.165, 1.54) is 16.7 Å². The molecular weight excluding hydrogens is 458 g/mol. The van der Waals surface area contributed by atoms with Crippen LogP contribution in [0.1, 0.15) is 43.4 Å². The van der Waals surface area contributed by atoms with Gasteiger partial charge in [0.2, 0.25) is 0 Å². The third-order valence-corrected chi connectivity index (χ3v) is 6.71. The third kappa shape index (κ3) is 8.68. The highest BCUT2D eigenvalue weighted by molar-refractivity contribution is 5.38. The molecular formula is C32H43N3O2. The predicted octanol–water partition coefficient (Wildman–Crippen LogP) is 6.59. The molecule has 5 heteroatoms. The van der Waals surface area contributed by atoms with Crippen LogP contribution in [-0.4, -0.2) is 54.7 Å². The minimum atomic E-state index is 0.422. The summed E-state index contributed by atoms with van der Waals surface area (Å²) in [6.45, 7) is 10.1. The Labute approximate surface area is 223 Å². The molecule has 3 aromatic rings. The van der Waals surface area contributed by atoms with Crippen molar-refractivity contribution in [2.75, 3.05) is 33.8 Å². The van der Waals surface area contributed by atoms with Gasteiger partial charge in [-0.15, -0.1) is 0 Å². The summed E-state index contributed by atoms with van der Waals surface area (Å²) in [5.74, 6) is 2.40. The molecule has 0 N–H and O–H groups in total. The summed E-state index contributed by atoms with van der Waals surface area (Å²) in [5, 5.41) is 2.08. The van der Waals surface area contributed by atoms with Crippen molar-refractivity contribution < 1.29 is 9.57 Å². The number of benzene rings is 3. The number of hydrogen-bond donors (Lipinski definition) is 0. The smallest absolute Gasteiger partial charge is 0.131 e. The van der Waals surface area contributed by atoms with Gasteiger partial charge in [-0.3, -0.25) is 9.74 Å². The van der Waals surface area contributed by atoms with Gasteiger partial charge in [0, 0.05) is 44.3 Å². The van der Waals surface area contributed by atoms with Crippen LogP contribution in [0.15, 0.2) is 78.9 Å². The van der Waals surface area contributed by atoms with Crippen molar-refractivity contribution in [3.63, 3.8) is 0 Å². The SMILES string of the molecule is CC(C)C[C@@H](CN(C)C)N(Cc1cccc(CN2CCCO2)c1)Cc1ccccc1Oc1ccccc1. The van der Waals surface area contributed by atoms with Crippen LogP contribution in [0.25, 0.3) is 0 Å². The second-order valence-electron chi connectivity index (χ2n) is 10.8. The number of hydrogen-bond acceptors (Lipinski definition) is 5. The molecule has 4 rings (SSSR count). The van der Waals surface area contributed by atoms with Gasteiger partial charge in [-0.2, -0.15) is 5.06 Å². The van der Waals surface area contributed by atoms with E-state index >= 15 is 0 Å². The Kier molecular flexibility index (Phi) is 10.1. The average Bonchev–Trinajstić information content (AvgIpc) is 3.38. The van der Waals surface area contributed by atoms with E-state index in [2.05, 4.69) is 91.3 Å². The average molecular weight is 502 g/mol. The van der Waals surface area contributed by atoms with Crippen LogP contribution in [0.2, 0.25) is 0 Å². The molecule has 37 heavy (non-hydrogen) atoms. The van der Waals surface area contributed by atoms with Crippen molar-refractivity contribution in [3.8, 4) is 11.5 Å². The maximum Gasteiger partial charge on any atom is 0.131 e. The predicted molar refractivity (Wildman–Crippen MR) is 151 cm³/mol. The fourth-order valence-corrected chi connectivity index (χ4v) is 5.08. The highest BCUT2D eigenvalue weighted by Gasteiger charge is 2.23. The summed E-state index contributed by atoms with van der Waals surface area (Å²) in [4.78, 5) is 10.7. The molecule has 1 atom stereocenters. The topological polar surface area (TPSA) is 28.2 Å². The monoisotopic (exact) mass is 501 g/mol. The quantitative estimate of drug-likeness (QED) is 0.263. The summed E-state index contributed by atoms with van der Waals surface area (Å²) < 4.78 is 6.34. The van der Waals surface area contributed by atoms with E-state index in [9.17, 15) is 0 Å². The standard InChI is InChI=1S/C32H43N3O2/c1-26(2)20-30(25-33(3)4)34(22-27-12-10-13-28(21-27)23-35-18-11-19-36-35)24-29-14-8-9-17-32(29)37-31-15-6-5-7-16-31/h5-10,12-17,21,26,30H,11,18-20,22-25H2,1-4H3/t30-/m0/s1.